The van der Waals surface area contributed by atoms with Crippen molar-refractivity contribution in [1.82, 2.24) is 19.6 Å². The Balaban J connectivity index is 2.25. The molecule has 0 unspecified atom stereocenters. The smallest absolute Gasteiger partial charge is 0.227 e. The van der Waals surface area contributed by atoms with Gasteiger partial charge in [-0.05, 0) is 12.5 Å². The van der Waals surface area contributed by atoms with Crippen molar-refractivity contribution in [2.45, 2.75) is 45.6 Å². The molecule has 0 atom stereocenters. The first-order valence-corrected chi connectivity index (χ1v) is 10.1. The van der Waals surface area contributed by atoms with Crippen molar-refractivity contribution < 1.29 is 17.7 Å². The molecule has 8 nitrogen and oxygen atoms in total. The van der Waals surface area contributed by atoms with E-state index in [-0.39, 0.29) is 16.3 Å². The van der Waals surface area contributed by atoms with Crippen LogP contribution in [0.15, 0.2) is 28.2 Å². The summed E-state index contributed by atoms with van der Waals surface area (Å²) < 4.78 is 37.4. The van der Waals surface area contributed by atoms with Gasteiger partial charge in [-0.2, -0.15) is 0 Å². The molecule has 2 rings (SSSR count). The third-order valence-corrected chi connectivity index (χ3v) is 5.81. The SMILES string of the molecule is COCCn1c(CN(C)Cc2ccon2)cnc1S(=O)(=O)CC(C)(C)C. The van der Waals surface area contributed by atoms with Gasteiger partial charge >= 0.3 is 0 Å². The molecule has 2 heterocycles. The standard InChI is InChI=1S/C17H28N4O4S/c1-17(2,3)13-26(22,23)16-18-10-15(21(16)7-9-24-5)12-20(4)11-14-6-8-25-19-14/h6,8,10H,7,9,11-13H2,1-5H3. The number of hydrogen-bond donors (Lipinski definition) is 0. The molecule has 0 aliphatic carbocycles. The molecule has 0 aliphatic heterocycles. The number of aromatic nitrogens is 3. The van der Waals surface area contributed by atoms with Crippen LogP contribution >= 0.6 is 0 Å². The minimum absolute atomic E-state index is 0.0399. The summed E-state index contributed by atoms with van der Waals surface area (Å²) in [6, 6.07) is 1.80. The van der Waals surface area contributed by atoms with Crippen LogP contribution < -0.4 is 0 Å². The van der Waals surface area contributed by atoms with Crippen molar-refractivity contribution >= 4 is 9.84 Å². The Hall–Kier alpha value is -1.71. The molecule has 2 aromatic heterocycles. The summed E-state index contributed by atoms with van der Waals surface area (Å²) in [5.74, 6) is 0.0399. The number of methoxy groups -OCH3 is 1. The van der Waals surface area contributed by atoms with Gasteiger partial charge < -0.3 is 13.8 Å². The molecule has 0 aliphatic rings. The van der Waals surface area contributed by atoms with Gasteiger partial charge in [-0.15, -0.1) is 0 Å². The van der Waals surface area contributed by atoms with E-state index < -0.39 is 9.84 Å². The van der Waals surface area contributed by atoms with Crippen molar-refractivity contribution in [2.24, 2.45) is 5.41 Å². The van der Waals surface area contributed by atoms with Gasteiger partial charge in [-0.1, -0.05) is 25.9 Å². The van der Waals surface area contributed by atoms with Crippen molar-refractivity contribution in [2.75, 3.05) is 26.5 Å². The second-order valence-corrected chi connectivity index (χ2v) is 9.54. The lowest BCUT2D eigenvalue weighted by molar-refractivity contribution is 0.181. The molecule has 0 amide bonds. The summed E-state index contributed by atoms with van der Waals surface area (Å²) in [4.78, 5) is 6.26. The first kappa shape index (κ1) is 20.6. The molecule has 0 fully saturated rings. The summed E-state index contributed by atoms with van der Waals surface area (Å²) in [5.41, 5.74) is 1.29. The van der Waals surface area contributed by atoms with Crippen LogP contribution in [-0.2, 0) is 34.2 Å². The Kier molecular flexibility index (Phi) is 6.59. The molecule has 0 spiro atoms. The molecular formula is C17H28N4O4S. The zero-order chi connectivity index (χ0) is 19.4. The van der Waals surface area contributed by atoms with Crippen LogP contribution in [0.4, 0.5) is 0 Å². The fourth-order valence-corrected chi connectivity index (χ4v) is 4.78. The second kappa shape index (κ2) is 8.32. The van der Waals surface area contributed by atoms with Gasteiger partial charge in [0.25, 0.3) is 0 Å². The van der Waals surface area contributed by atoms with E-state index in [2.05, 4.69) is 10.1 Å². The van der Waals surface area contributed by atoms with Crippen LogP contribution in [-0.4, -0.2) is 54.5 Å². The molecule has 0 saturated heterocycles. The first-order chi connectivity index (χ1) is 12.1. The highest BCUT2D eigenvalue weighted by atomic mass is 32.2. The van der Waals surface area contributed by atoms with Gasteiger partial charge in [0.1, 0.15) is 6.26 Å². The molecule has 26 heavy (non-hydrogen) atoms. The van der Waals surface area contributed by atoms with Crippen LogP contribution in [0.3, 0.4) is 0 Å². The summed E-state index contributed by atoms with van der Waals surface area (Å²) in [6.07, 6.45) is 3.16. The fourth-order valence-electron chi connectivity index (χ4n) is 2.75. The lowest BCUT2D eigenvalue weighted by atomic mass is 10.0. The minimum atomic E-state index is -3.49. The number of sulfone groups is 1. The quantitative estimate of drug-likeness (QED) is 0.653. The van der Waals surface area contributed by atoms with Gasteiger partial charge in [0.2, 0.25) is 15.0 Å². The van der Waals surface area contributed by atoms with Crippen molar-refractivity contribution in [3.63, 3.8) is 0 Å². The average Bonchev–Trinajstić information content (AvgIpc) is 3.12. The van der Waals surface area contributed by atoms with E-state index >= 15 is 0 Å². The van der Waals surface area contributed by atoms with Crippen LogP contribution in [0.1, 0.15) is 32.2 Å². The van der Waals surface area contributed by atoms with E-state index in [0.717, 1.165) is 11.4 Å². The normalized spacial score (nSPS) is 12.8. The van der Waals surface area contributed by atoms with Crippen LogP contribution in [0.5, 0.6) is 0 Å². The van der Waals surface area contributed by atoms with Crippen molar-refractivity contribution in [3.8, 4) is 0 Å². The van der Waals surface area contributed by atoms with Crippen LogP contribution in [0.2, 0.25) is 0 Å². The Labute approximate surface area is 155 Å². The maximum atomic E-state index is 12.8. The number of hydrogen-bond acceptors (Lipinski definition) is 7. The summed E-state index contributed by atoms with van der Waals surface area (Å²) >= 11 is 0. The van der Waals surface area contributed by atoms with E-state index in [0.29, 0.717) is 26.2 Å². The Morgan fingerprint density at radius 3 is 2.62 bits per heavy atom. The lowest BCUT2D eigenvalue weighted by Gasteiger charge is -2.20. The van der Waals surface area contributed by atoms with E-state index in [1.54, 1.807) is 23.9 Å². The van der Waals surface area contributed by atoms with Gasteiger partial charge in [-0.25, -0.2) is 13.4 Å². The highest BCUT2D eigenvalue weighted by molar-refractivity contribution is 7.91. The molecule has 0 bridgehead atoms. The monoisotopic (exact) mass is 384 g/mol. The van der Waals surface area contributed by atoms with Crippen LogP contribution in [0, 0.1) is 5.41 Å². The number of imidazole rings is 1. The topological polar surface area (TPSA) is 90.5 Å². The predicted octanol–water partition coefficient (Wildman–Crippen LogP) is 1.97. The zero-order valence-corrected chi connectivity index (χ0v) is 16.9. The molecule has 0 N–H and O–H groups in total. The Morgan fingerprint density at radius 2 is 2.04 bits per heavy atom. The zero-order valence-electron chi connectivity index (χ0n) is 16.1. The highest BCUT2D eigenvalue weighted by Crippen LogP contribution is 2.23. The van der Waals surface area contributed by atoms with Gasteiger partial charge in [0, 0.05) is 32.8 Å². The number of nitrogens with zero attached hydrogens (tertiary/aromatic N) is 4. The minimum Gasteiger partial charge on any atom is -0.383 e. The van der Waals surface area contributed by atoms with E-state index in [1.807, 2.05) is 32.7 Å². The molecule has 0 radical (unpaired) electrons. The third kappa shape index (κ3) is 5.65. The maximum absolute atomic E-state index is 12.8. The van der Waals surface area contributed by atoms with Crippen molar-refractivity contribution in [3.05, 3.63) is 29.9 Å². The average molecular weight is 385 g/mol. The highest BCUT2D eigenvalue weighted by Gasteiger charge is 2.29. The summed E-state index contributed by atoms with van der Waals surface area (Å²) in [5, 5.41) is 4.01. The largest absolute Gasteiger partial charge is 0.383 e. The van der Waals surface area contributed by atoms with E-state index in [1.165, 1.54) is 6.26 Å². The Morgan fingerprint density at radius 1 is 1.31 bits per heavy atom. The summed E-state index contributed by atoms with van der Waals surface area (Å²) in [6.45, 7) is 7.68. The molecule has 2 aromatic rings. The number of rotatable bonds is 9. The van der Waals surface area contributed by atoms with Gasteiger partial charge in [-0.3, -0.25) is 4.90 Å². The molecule has 146 valence electrons. The lowest BCUT2D eigenvalue weighted by Crippen LogP contribution is -2.26. The number of ether oxygens (including phenoxy) is 1. The summed E-state index contributed by atoms with van der Waals surface area (Å²) in [7, 11) is 0.0365. The third-order valence-electron chi connectivity index (χ3n) is 3.68. The second-order valence-electron chi connectivity index (χ2n) is 7.66. The van der Waals surface area contributed by atoms with E-state index in [9.17, 15) is 8.42 Å². The first-order valence-electron chi connectivity index (χ1n) is 8.46. The maximum Gasteiger partial charge on any atom is 0.227 e. The Bertz CT molecular complexity index is 791. The molecule has 9 heteroatoms. The predicted molar refractivity (Wildman–Crippen MR) is 97.3 cm³/mol. The van der Waals surface area contributed by atoms with Gasteiger partial charge in [0.05, 0.1) is 29.9 Å². The fraction of sp³-hybridized carbons (Fsp3) is 0.647. The van der Waals surface area contributed by atoms with Crippen molar-refractivity contribution in [1.29, 1.82) is 0 Å². The van der Waals surface area contributed by atoms with E-state index in [4.69, 9.17) is 9.26 Å². The molecular weight excluding hydrogens is 356 g/mol. The van der Waals surface area contributed by atoms with Gasteiger partial charge in [0.15, 0.2) is 0 Å². The molecule has 0 saturated carbocycles. The van der Waals surface area contributed by atoms with Crippen LogP contribution in [0.25, 0.3) is 0 Å². The molecule has 0 aromatic carbocycles.